The van der Waals surface area contributed by atoms with Crippen molar-refractivity contribution in [2.75, 3.05) is 27.3 Å². The first-order chi connectivity index (χ1) is 11.5. The minimum atomic E-state index is -0.316. The summed E-state index contributed by atoms with van der Waals surface area (Å²) < 4.78 is 10.2. The smallest absolute Gasteiger partial charge is 0.221 e. The summed E-state index contributed by atoms with van der Waals surface area (Å²) in [7, 11) is 3.24. The Morgan fingerprint density at radius 3 is 2.75 bits per heavy atom. The molecule has 6 heteroatoms. The monoisotopic (exact) mass is 352 g/mol. The van der Waals surface area contributed by atoms with Gasteiger partial charge in [0.1, 0.15) is 0 Å². The molecule has 0 bridgehead atoms. The lowest BCUT2D eigenvalue weighted by Gasteiger charge is -2.30. The van der Waals surface area contributed by atoms with Gasteiger partial charge in [0, 0.05) is 23.8 Å². The van der Waals surface area contributed by atoms with Crippen LogP contribution in [0.15, 0.2) is 18.2 Å². The van der Waals surface area contributed by atoms with Gasteiger partial charge in [-0.15, -0.1) is 0 Å². The molecule has 2 N–H and O–H groups in total. The van der Waals surface area contributed by atoms with Crippen LogP contribution in [0.3, 0.4) is 0 Å². The van der Waals surface area contributed by atoms with Gasteiger partial charge in [-0.3, -0.25) is 4.79 Å². The zero-order valence-electron chi connectivity index (χ0n) is 14.7. The predicted molar refractivity (Wildman–Crippen MR) is 99.3 cm³/mol. The molecular weight excluding hydrogens is 324 g/mol. The Morgan fingerprint density at radius 1 is 1.38 bits per heavy atom. The number of rotatable bonds is 8. The molecule has 1 aromatic carbocycles. The Hall–Kier alpha value is -1.40. The summed E-state index contributed by atoms with van der Waals surface area (Å²) in [4.78, 5) is 12.2. The highest BCUT2D eigenvalue weighted by Crippen LogP contribution is 2.29. The van der Waals surface area contributed by atoms with E-state index in [1.54, 1.807) is 14.2 Å². The number of ether oxygens (including phenoxy) is 2. The molecule has 1 aromatic rings. The first-order valence-electron chi connectivity index (χ1n) is 8.39. The maximum atomic E-state index is 12.2. The molecule has 1 saturated heterocycles. The average Bonchev–Trinajstić information content (AvgIpc) is 3.09. The van der Waals surface area contributed by atoms with E-state index in [4.69, 9.17) is 22.1 Å². The van der Waals surface area contributed by atoms with E-state index in [1.165, 1.54) is 0 Å². The van der Waals surface area contributed by atoms with Crippen LogP contribution >= 0.6 is 12.6 Å². The first kappa shape index (κ1) is 18.9. The van der Waals surface area contributed by atoms with Crippen molar-refractivity contribution < 1.29 is 14.3 Å². The number of benzene rings is 1. The molecule has 1 aliphatic heterocycles. The second kappa shape index (κ2) is 8.62. The topological polar surface area (TPSA) is 59.6 Å². The van der Waals surface area contributed by atoms with Crippen LogP contribution in [0.5, 0.6) is 11.5 Å². The molecule has 0 aromatic heterocycles. The molecule has 134 valence electrons. The van der Waals surface area contributed by atoms with Gasteiger partial charge in [0.2, 0.25) is 5.91 Å². The number of nitrogens with one attached hydrogen (secondary N) is 2. The lowest BCUT2D eigenvalue weighted by molar-refractivity contribution is -0.121. The standard InChI is InChI=1S/C18H28N2O3S/c1-18(24,16-5-4-9-19-16)12-17(21)20-10-8-13-6-7-14(22-2)15(11-13)23-3/h6-7,11,16,19,24H,4-5,8-10,12H2,1-3H3,(H,20,21). The number of thiol groups is 1. The number of amides is 1. The Balaban J connectivity index is 1.80. The minimum Gasteiger partial charge on any atom is -0.493 e. The largest absolute Gasteiger partial charge is 0.493 e. The van der Waals surface area contributed by atoms with Crippen molar-refractivity contribution in [3.63, 3.8) is 0 Å². The number of hydrogen-bond acceptors (Lipinski definition) is 5. The van der Waals surface area contributed by atoms with Crippen molar-refractivity contribution >= 4 is 18.5 Å². The third kappa shape index (κ3) is 5.05. The van der Waals surface area contributed by atoms with Crippen molar-refractivity contribution in [2.45, 2.75) is 43.4 Å². The van der Waals surface area contributed by atoms with E-state index in [0.29, 0.717) is 30.5 Å². The van der Waals surface area contributed by atoms with Gasteiger partial charge in [0.05, 0.1) is 14.2 Å². The molecule has 1 heterocycles. The van der Waals surface area contributed by atoms with Crippen LogP contribution in [0.4, 0.5) is 0 Å². The van der Waals surface area contributed by atoms with E-state index in [-0.39, 0.29) is 10.7 Å². The Labute approximate surface area is 149 Å². The third-order valence-electron chi connectivity index (χ3n) is 4.51. The summed E-state index contributed by atoms with van der Waals surface area (Å²) in [5.41, 5.74) is 1.10. The highest BCUT2D eigenvalue weighted by atomic mass is 32.1. The van der Waals surface area contributed by atoms with E-state index in [1.807, 2.05) is 25.1 Å². The number of hydrogen-bond donors (Lipinski definition) is 3. The fraction of sp³-hybridized carbons (Fsp3) is 0.611. The van der Waals surface area contributed by atoms with Gasteiger partial charge in [-0.2, -0.15) is 12.6 Å². The maximum Gasteiger partial charge on any atom is 0.221 e. The summed E-state index contributed by atoms with van der Waals surface area (Å²) >= 11 is 4.71. The van der Waals surface area contributed by atoms with Crippen LogP contribution in [0.2, 0.25) is 0 Å². The molecule has 0 radical (unpaired) electrons. The normalized spacial score (nSPS) is 19.6. The SMILES string of the molecule is COc1ccc(CCNC(=O)CC(C)(S)C2CCCN2)cc1OC. The average molecular weight is 353 g/mol. The van der Waals surface area contributed by atoms with Crippen LogP contribution in [0.1, 0.15) is 31.7 Å². The van der Waals surface area contributed by atoms with Gasteiger partial charge in [-0.05, 0) is 50.4 Å². The van der Waals surface area contributed by atoms with Crippen molar-refractivity contribution in [1.29, 1.82) is 0 Å². The molecule has 0 saturated carbocycles. The summed E-state index contributed by atoms with van der Waals surface area (Å²) in [6.45, 7) is 3.64. The van der Waals surface area contributed by atoms with E-state index >= 15 is 0 Å². The quantitative estimate of drug-likeness (QED) is 0.628. The molecule has 1 amide bonds. The van der Waals surface area contributed by atoms with Gasteiger partial charge in [0.25, 0.3) is 0 Å². The zero-order chi connectivity index (χ0) is 17.6. The Morgan fingerprint density at radius 2 is 2.12 bits per heavy atom. The van der Waals surface area contributed by atoms with E-state index in [0.717, 1.165) is 31.4 Å². The Kier molecular flexibility index (Phi) is 6.80. The van der Waals surface area contributed by atoms with Crippen LogP contribution < -0.4 is 20.1 Å². The van der Waals surface area contributed by atoms with Gasteiger partial charge < -0.3 is 20.1 Å². The fourth-order valence-electron chi connectivity index (χ4n) is 3.11. The first-order valence-corrected chi connectivity index (χ1v) is 8.84. The van der Waals surface area contributed by atoms with Crippen LogP contribution in [0.25, 0.3) is 0 Å². The van der Waals surface area contributed by atoms with Gasteiger partial charge >= 0.3 is 0 Å². The van der Waals surface area contributed by atoms with Crippen LogP contribution in [-0.2, 0) is 11.2 Å². The number of carbonyl (C=O) groups is 1. The van der Waals surface area contributed by atoms with Crippen molar-refractivity contribution in [2.24, 2.45) is 0 Å². The van der Waals surface area contributed by atoms with Crippen LogP contribution in [0, 0.1) is 0 Å². The number of methoxy groups -OCH3 is 2. The molecule has 0 spiro atoms. The van der Waals surface area contributed by atoms with Crippen molar-refractivity contribution in [3.05, 3.63) is 23.8 Å². The van der Waals surface area contributed by atoms with Gasteiger partial charge in [-0.25, -0.2) is 0 Å². The van der Waals surface area contributed by atoms with Crippen LogP contribution in [-0.4, -0.2) is 44.0 Å². The summed E-state index contributed by atoms with van der Waals surface area (Å²) in [6, 6.07) is 6.11. The number of carbonyl (C=O) groups excluding carboxylic acids is 1. The molecule has 0 aliphatic carbocycles. The zero-order valence-corrected chi connectivity index (χ0v) is 15.6. The fourth-order valence-corrected chi connectivity index (χ4v) is 3.47. The minimum absolute atomic E-state index is 0.0432. The van der Waals surface area contributed by atoms with Gasteiger partial charge in [-0.1, -0.05) is 6.07 Å². The molecule has 5 nitrogen and oxygen atoms in total. The van der Waals surface area contributed by atoms with E-state index in [2.05, 4.69) is 10.6 Å². The summed E-state index contributed by atoms with van der Waals surface area (Å²) in [5, 5.41) is 6.41. The molecule has 2 unspecified atom stereocenters. The second-order valence-electron chi connectivity index (χ2n) is 6.47. The van der Waals surface area contributed by atoms with Crippen molar-refractivity contribution in [1.82, 2.24) is 10.6 Å². The molecule has 1 fully saturated rings. The highest BCUT2D eigenvalue weighted by molar-refractivity contribution is 7.81. The summed E-state index contributed by atoms with van der Waals surface area (Å²) in [6.07, 6.45) is 3.40. The molecule has 2 atom stereocenters. The summed E-state index contributed by atoms with van der Waals surface area (Å²) in [5.74, 6) is 1.46. The molecule has 1 aliphatic rings. The highest BCUT2D eigenvalue weighted by Gasteiger charge is 2.34. The molecule has 2 rings (SSSR count). The van der Waals surface area contributed by atoms with E-state index < -0.39 is 0 Å². The van der Waals surface area contributed by atoms with Gasteiger partial charge in [0.15, 0.2) is 11.5 Å². The van der Waals surface area contributed by atoms with E-state index in [9.17, 15) is 4.79 Å². The predicted octanol–water partition coefficient (Wildman–Crippen LogP) is 2.19. The third-order valence-corrected chi connectivity index (χ3v) is 4.98. The Bertz CT molecular complexity index is 557. The lowest BCUT2D eigenvalue weighted by Crippen LogP contribution is -2.44. The maximum absolute atomic E-state index is 12.2. The molecule has 24 heavy (non-hydrogen) atoms. The lowest BCUT2D eigenvalue weighted by atomic mass is 9.95. The second-order valence-corrected chi connectivity index (χ2v) is 7.49. The van der Waals surface area contributed by atoms with Crippen molar-refractivity contribution in [3.8, 4) is 11.5 Å². The molecular formula is C18H28N2O3S.